The van der Waals surface area contributed by atoms with Gasteiger partial charge in [0.25, 0.3) is 0 Å². The van der Waals surface area contributed by atoms with E-state index in [1.807, 2.05) is 11.4 Å². The van der Waals surface area contributed by atoms with Crippen LogP contribution in [0.2, 0.25) is 0 Å². The number of H-pyrrole nitrogens is 1. The van der Waals surface area contributed by atoms with Gasteiger partial charge in [0.2, 0.25) is 0 Å². The monoisotopic (exact) mass is 273 g/mol. The summed E-state index contributed by atoms with van der Waals surface area (Å²) in [5.74, 6) is 0. The van der Waals surface area contributed by atoms with Gasteiger partial charge in [-0.15, -0.1) is 11.3 Å². The fourth-order valence-electron chi connectivity index (χ4n) is 1.13. The number of halogens is 1. The van der Waals surface area contributed by atoms with Crippen molar-refractivity contribution in [2.24, 2.45) is 0 Å². The van der Waals surface area contributed by atoms with Crippen LogP contribution in [0.3, 0.4) is 0 Å². The van der Waals surface area contributed by atoms with Crippen molar-refractivity contribution in [3.63, 3.8) is 0 Å². The minimum absolute atomic E-state index is 0.572. The number of nitrogens with one attached hydrogen (secondary N) is 1. The fraction of sp³-hybridized carbons (Fsp3) is 0.250. The number of aromatic amines is 1. The Hall–Kier alpha value is -0.720. The van der Waals surface area contributed by atoms with E-state index in [0.29, 0.717) is 12.1 Å². The van der Waals surface area contributed by atoms with Crippen molar-refractivity contribution < 1.29 is 5.11 Å². The third-order valence-corrected chi connectivity index (χ3v) is 3.51. The van der Waals surface area contributed by atoms with E-state index in [0.717, 1.165) is 9.35 Å². The van der Waals surface area contributed by atoms with Crippen molar-refractivity contribution in [2.75, 3.05) is 0 Å². The van der Waals surface area contributed by atoms with Crippen molar-refractivity contribution in [3.05, 3.63) is 32.7 Å². The molecule has 1 unspecified atom stereocenters. The number of aliphatic hydroxyl groups is 1. The first kappa shape index (κ1) is 9.82. The number of hydrogen-bond donors (Lipinski definition) is 2. The van der Waals surface area contributed by atoms with E-state index in [9.17, 15) is 5.11 Å². The molecule has 74 valence electrons. The zero-order valence-electron chi connectivity index (χ0n) is 7.14. The minimum Gasteiger partial charge on any atom is -0.386 e. The number of thiophene rings is 1. The molecule has 0 spiro atoms. The summed E-state index contributed by atoms with van der Waals surface area (Å²) in [4.78, 5) is 1.12. The number of hydrogen-bond acceptors (Lipinski definition) is 4. The van der Waals surface area contributed by atoms with Gasteiger partial charge in [0.05, 0.1) is 6.20 Å². The zero-order chi connectivity index (χ0) is 9.97. The molecule has 0 aliphatic rings. The van der Waals surface area contributed by atoms with Crippen molar-refractivity contribution in [1.29, 1.82) is 0 Å². The lowest BCUT2D eigenvalue weighted by Gasteiger charge is -2.03. The lowest BCUT2D eigenvalue weighted by atomic mass is 10.2. The quantitative estimate of drug-likeness (QED) is 0.898. The predicted octanol–water partition coefficient (Wildman–Crippen LogP) is 1.90. The van der Waals surface area contributed by atoms with Crippen LogP contribution < -0.4 is 0 Å². The third-order valence-electron chi connectivity index (χ3n) is 1.79. The second kappa shape index (κ2) is 4.20. The molecule has 0 saturated carbocycles. The van der Waals surface area contributed by atoms with E-state index in [-0.39, 0.29) is 0 Å². The Morgan fingerprint density at radius 1 is 1.64 bits per heavy atom. The summed E-state index contributed by atoms with van der Waals surface area (Å²) in [7, 11) is 0. The molecule has 0 aliphatic heterocycles. The van der Waals surface area contributed by atoms with Crippen LogP contribution in [0.4, 0.5) is 0 Å². The standard InChI is InChI=1S/C8H8BrN3OS/c9-5-1-6(14-4-5)2-8(13)7-3-10-12-11-7/h1,3-4,8,13H,2H2,(H,10,11,12). The number of nitrogens with zero attached hydrogens (tertiary/aromatic N) is 2. The van der Waals surface area contributed by atoms with Gasteiger partial charge in [0.1, 0.15) is 11.8 Å². The van der Waals surface area contributed by atoms with Gasteiger partial charge in [0.15, 0.2) is 0 Å². The summed E-state index contributed by atoms with van der Waals surface area (Å²) in [6.07, 6.45) is 1.52. The van der Waals surface area contributed by atoms with Crippen LogP contribution in [0.1, 0.15) is 16.7 Å². The van der Waals surface area contributed by atoms with Gasteiger partial charge in [-0.25, -0.2) is 0 Å². The number of rotatable bonds is 3. The van der Waals surface area contributed by atoms with Crippen molar-refractivity contribution >= 4 is 27.3 Å². The average molecular weight is 274 g/mol. The SMILES string of the molecule is OC(Cc1cc(Br)cs1)c1cn[nH]n1. The number of aromatic nitrogens is 3. The summed E-state index contributed by atoms with van der Waals surface area (Å²) in [6.45, 7) is 0. The highest BCUT2D eigenvalue weighted by Gasteiger charge is 2.12. The Balaban J connectivity index is 2.05. The summed E-state index contributed by atoms with van der Waals surface area (Å²) in [5.41, 5.74) is 0.578. The molecule has 0 fully saturated rings. The molecule has 2 N–H and O–H groups in total. The van der Waals surface area contributed by atoms with Gasteiger partial charge in [-0.1, -0.05) is 0 Å². The van der Waals surface area contributed by atoms with Crippen LogP contribution in [-0.2, 0) is 6.42 Å². The van der Waals surface area contributed by atoms with E-state index in [2.05, 4.69) is 31.3 Å². The van der Waals surface area contributed by atoms with Gasteiger partial charge < -0.3 is 5.11 Å². The lowest BCUT2D eigenvalue weighted by molar-refractivity contribution is 0.174. The Morgan fingerprint density at radius 3 is 3.07 bits per heavy atom. The van der Waals surface area contributed by atoms with E-state index in [4.69, 9.17) is 0 Å². The Labute approximate surface area is 93.1 Å². The number of aliphatic hydroxyl groups excluding tert-OH is 1. The largest absolute Gasteiger partial charge is 0.386 e. The lowest BCUT2D eigenvalue weighted by Crippen LogP contribution is -2.00. The van der Waals surface area contributed by atoms with Gasteiger partial charge >= 0.3 is 0 Å². The fourth-order valence-corrected chi connectivity index (χ4v) is 2.62. The Bertz CT molecular complexity index is 400. The topological polar surface area (TPSA) is 61.8 Å². The third kappa shape index (κ3) is 2.20. The molecule has 2 rings (SSSR count). The zero-order valence-corrected chi connectivity index (χ0v) is 9.55. The highest BCUT2D eigenvalue weighted by Crippen LogP contribution is 2.24. The molecule has 2 aromatic rings. The maximum absolute atomic E-state index is 9.74. The highest BCUT2D eigenvalue weighted by molar-refractivity contribution is 9.10. The predicted molar refractivity (Wildman–Crippen MR) is 57.1 cm³/mol. The summed E-state index contributed by atoms with van der Waals surface area (Å²) >= 11 is 4.98. The molecule has 0 aliphatic carbocycles. The first-order valence-corrected chi connectivity index (χ1v) is 5.69. The summed E-state index contributed by atoms with van der Waals surface area (Å²) < 4.78 is 1.05. The molecule has 1 atom stereocenters. The molecule has 0 bridgehead atoms. The molecule has 0 saturated heterocycles. The molecular weight excluding hydrogens is 266 g/mol. The molecule has 4 nitrogen and oxygen atoms in total. The first-order chi connectivity index (χ1) is 6.75. The Morgan fingerprint density at radius 2 is 2.50 bits per heavy atom. The van der Waals surface area contributed by atoms with Crippen LogP contribution in [0.5, 0.6) is 0 Å². The summed E-state index contributed by atoms with van der Waals surface area (Å²) in [5, 5.41) is 21.7. The van der Waals surface area contributed by atoms with Gasteiger partial charge in [-0.2, -0.15) is 15.4 Å². The molecule has 2 heterocycles. The first-order valence-electron chi connectivity index (χ1n) is 4.02. The molecule has 0 amide bonds. The average Bonchev–Trinajstić information content (AvgIpc) is 2.75. The second-order valence-corrected chi connectivity index (χ2v) is 4.76. The summed E-state index contributed by atoms with van der Waals surface area (Å²) in [6, 6.07) is 1.99. The molecular formula is C8H8BrN3OS. The maximum atomic E-state index is 9.74. The Kier molecular flexibility index (Phi) is 2.95. The molecule has 6 heteroatoms. The van der Waals surface area contributed by atoms with E-state index < -0.39 is 6.10 Å². The van der Waals surface area contributed by atoms with Crippen LogP contribution in [0.25, 0.3) is 0 Å². The second-order valence-electron chi connectivity index (χ2n) is 2.85. The molecule has 2 aromatic heterocycles. The molecule has 14 heavy (non-hydrogen) atoms. The van der Waals surface area contributed by atoms with Crippen molar-refractivity contribution in [3.8, 4) is 0 Å². The molecule has 0 aromatic carbocycles. The van der Waals surface area contributed by atoms with Crippen LogP contribution in [-0.4, -0.2) is 20.5 Å². The van der Waals surface area contributed by atoms with Gasteiger partial charge in [0, 0.05) is 21.2 Å². The van der Waals surface area contributed by atoms with Gasteiger partial charge in [-0.05, 0) is 22.0 Å². The van der Waals surface area contributed by atoms with Crippen molar-refractivity contribution in [2.45, 2.75) is 12.5 Å². The smallest absolute Gasteiger partial charge is 0.111 e. The van der Waals surface area contributed by atoms with E-state index in [1.54, 1.807) is 11.3 Å². The highest BCUT2D eigenvalue weighted by atomic mass is 79.9. The van der Waals surface area contributed by atoms with Crippen LogP contribution >= 0.6 is 27.3 Å². The van der Waals surface area contributed by atoms with Gasteiger partial charge in [-0.3, -0.25) is 0 Å². The van der Waals surface area contributed by atoms with E-state index >= 15 is 0 Å². The normalized spacial score (nSPS) is 13.0. The molecule has 0 radical (unpaired) electrons. The van der Waals surface area contributed by atoms with Crippen LogP contribution in [0.15, 0.2) is 22.1 Å². The van der Waals surface area contributed by atoms with Crippen LogP contribution in [0, 0.1) is 0 Å². The van der Waals surface area contributed by atoms with E-state index in [1.165, 1.54) is 6.20 Å². The van der Waals surface area contributed by atoms with Crippen molar-refractivity contribution in [1.82, 2.24) is 15.4 Å². The maximum Gasteiger partial charge on any atom is 0.111 e. The minimum atomic E-state index is -0.584.